The van der Waals surface area contributed by atoms with Crippen molar-refractivity contribution in [3.05, 3.63) is 0 Å². The van der Waals surface area contributed by atoms with Gasteiger partial charge >= 0.3 is 5.97 Å². The van der Waals surface area contributed by atoms with Gasteiger partial charge in [0, 0.05) is 25.6 Å². The van der Waals surface area contributed by atoms with Gasteiger partial charge < -0.3 is 14.9 Å². The molecule has 2 unspecified atom stereocenters. The van der Waals surface area contributed by atoms with Gasteiger partial charge in [0.25, 0.3) is 0 Å². The number of β-amino-alcohol motifs (C(OH)–C–C–N with tert-alkyl or cyclic N) is 1. The maximum atomic E-state index is 10.6. The van der Waals surface area contributed by atoms with Gasteiger partial charge in [-0.25, -0.2) is 0 Å². The molecule has 0 aromatic rings. The van der Waals surface area contributed by atoms with Crippen LogP contribution in [0.2, 0.25) is 0 Å². The summed E-state index contributed by atoms with van der Waals surface area (Å²) >= 11 is 0. The number of hydrogen-bond acceptors (Lipinski definition) is 4. The molecular weight excluding hydrogens is 234 g/mol. The first-order valence-corrected chi connectivity index (χ1v) is 6.85. The van der Waals surface area contributed by atoms with Crippen LogP contribution in [0.4, 0.5) is 0 Å². The maximum Gasteiger partial charge on any atom is 0.303 e. The summed E-state index contributed by atoms with van der Waals surface area (Å²) in [5.74, 6) is -0.740. The highest BCUT2D eigenvalue weighted by atomic mass is 16.5. The first-order chi connectivity index (χ1) is 8.63. The molecule has 0 aromatic heterocycles. The molecule has 0 radical (unpaired) electrons. The standard InChI is InChI=1S/C13H25NO4/c1-2-18-10-12(15)9-14-8-4-3-5-11(14)6-7-13(16)17/h11-12,15H,2-10H2,1H3,(H,16,17). The summed E-state index contributed by atoms with van der Waals surface area (Å²) in [4.78, 5) is 12.8. The number of aliphatic carboxylic acids is 1. The molecule has 0 aliphatic carbocycles. The minimum absolute atomic E-state index is 0.211. The second-order valence-electron chi connectivity index (χ2n) is 4.89. The van der Waals surface area contributed by atoms with Crippen molar-refractivity contribution in [3.8, 4) is 0 Å². The van der Waals surface area contributed by atoms with E-state index in [1.807, 2.05) is 6.92 Å². The lowest BCUT2D eigenvalue weighted by atomic mass is 9.97. The van der Waals surface area contributed by atoms with Crippen LogP contribution >= 0.6 is 0 Å². The van der Waals surface area contributed by atoms with Gasteiger partial charge in [-0.15, -0.1) is 0 Å². The van der Waals surface area contributed by atoms with Gasteiger partial charge in [0.15, 0.2) is 0 Å². The minimum Gasteiger partial charge on any atom is -0.481 e. The monoisotopic (exact) mass is 259 g/mol. The van der Waals surface area contributed by atoms with E-state index in [1.54, 1.807) is 0 Å². The third kappa shape index (κ3) is 5.80. The van der Waals surface area contributed by atoms with Crippen LogP contribution in [0.25, 0.3) is 0 Å². The van der Waals surface area contributed by atoms with Gasteiger partial charge in [0.05, 0.1) is 12.7 Å². The number of aliphatic hydroxyl groups excluding tert-OH is 1. The highest BCUT2D eigenvalue weighted by molar-refractivity contribution is 5.66. The molecule has 1 aliphatic rings. The zero-order chi connectivity index (χ0) is 13.4. The lowest BCUT2D eigenvalue weighted by Gasteiger charge is -2.36. The second-order valence-corrected chi connectivity index (χ2v) is 4.89. The molecule has 18 heavy (non-hydrogen) atoms. The van der Waals surface area contributed by atoms with E-state index in [2.05, 4.69) is 4.90 Å². The topological polar surface area (TPSA) is 70.0 Å². The molecule has 1 aliphatic heterocycles. The summed E-state index contributed by atoms with van der Waals surface area (Å²) in [5, 5.41) is 18.6. The van der Waals surface area contributed by atoms with Crippen molar-refractivity contribution in [3.63, 3.8) is 0 Å². The molecular formula is C13H25NO4. The zero-order valence-electron chi connectivity index (χ0n) is 11.2. The fourth-order valence-corrected chi connectivity index (χ4v) is 2.49. The predicted octanol–water partition coefficient (Wildman–Crippen LogP) is 1.10. The van der Waals surface area contributed by atoms with E-state index < -0.39 is 12.1 Å². The maximum absolute atomic E-state index is 10.6. The van der Waals surface area contributed by atoms with Crippen molar-refractivity contribution in [2.24, 2.45) is 0 Å². The normalized spacial score (nSPS) is 22.9. The van der Waals surface area contributed by atoms with Crippen molar-refractivity contribution < 1.29 is 19.7 Å². The number of carbonyl (C=O) groups is 1. The fourth-order valence-electron chi connectivity index (χ4n) is 2.49. The average molecular weight is 259 g/mol. The van der Waals surface area contributed by atoms with Crippen LogP contribution in [0.1, 0.15) is 39.0 Å². The van der Waals surface area contributed by atoms with Crippen LogP contribution in [0, 0.1) is 0 Å². The van der Waals surface area contributed by atoms with Crippen molar-refractivity contribution in [2.75, 3.05) is 26.3 Å². The van der Waals surface area contributed by atoms with Gasteiger partial charge in [0.2, 0.25) is 0 Å². The van der Waals surface area contributed by atoms with E-state index in [0.717, 1.165) is 25.8 Å². The van der Waals surface area contributed by atoms with Crippen LogP contribution in [-0.4, -0.2) is 59.5 Å². The smallest absolute Gasteiger partial charge is 0.303 e. The lowest BCUT2D eigenvalue weighted by Crippen LogP contribution is -2.45. The van der Waals surface area contributed by atoms with Gasteiger partial charge in [0.1, 0.15) is 0 Å². The second kappa shape index (κ2) is 8.45. The Balaban J connectivity index is 2.36. The Morgan fingerprint density at radius 3 is 2.94 bits per heavy atom. The largest absolute Gasteiger partial charge is 0.481 e. The van der Waals surface area contributed by atoms with Crippen molar-refractivity contribution in [1.29, 1.82) is 0 Å². The van der Waals surface area contributed by atoms with Crippen molar-refractivity contribution in [1.82, 2.24) is 4.90 Å². The summed E-state index contributed by atoms with van der Waals surface area (Å²) in [6.07, 6.45) is 3.73. The number of hydrogen-bond donors (Lipinski definition) is 2. The summed E-state index contributed by atoms with van der Waals surface area (Å²) in [7, 11) is 0. The fraction of sp³-hybridized carbons (Fsp3) is 0.923. The SMILES string of the molecule is CCOCC(O)CN1CCCCC1CCC(=O)O. The highest BCUT2D eigenvalue weighted by Gasteiger charge is 2.24. The number of nitrogens with zero attached hydrogens (tertiary/aromatic N) is 1. The van der Waals surface area contributed by atoms with Crippen molar-refractivity contribution in [2.45, 2.75) is 51.2 Å². The van der Waals surface area contributed by atoms with Crippen LogP contribution in [0.5, 0.6) is 0 Å². The molecule has 2 N–H and O–H groups in total. The number of piperidine rings is 1. The average Bonchev–Trinajstić information content (AvgIpc) is 2.35. The van der Waals surface area contributed by atoms with E-state index in [1.165, 1.54) is 0 Å². The molecule has 2 atom stereocenters. The summed E-state index contributed by atoms with van der Waals surface area (Å²) in [5.41, 5.74) is 0. The number of rotatable bonds is 8. The van der Waals surface area contributed by atoms with Gasteiger partial charge in [-0.1, -0.05) is 6.42 Å². The Kier molecular flexibility index (Phi) is 7.23. The molecule has 5 heteroatoms. The van der Waals surface area contributed by atoms with E-state index in [9.17, 15) is 9.90 Å². The number of carboxylic acid groups (broad SMARTS) is 1. The number of ether oxygens (including phenoxy) is 1. The Labute approximate surface area is 109 Å². The number of likely N-dealkylation sites (tertiary alicyclic amines) is 1. The molecule has 0 aromatic carbocycles. The summed E-state index contributed by atoms with van der Waals surface area (Å²) in [6, 6.07) is 0.297. The molecule has 0 spiro atoms. The van der Waals surface area contributed by atoms with Crippen LogP contribution < -0.4 is 0 Å². The van der Waals surface area contributed by atoms with Gasteiger partial charge in [-0.3, -0.25) is 9.69 Å². The zero-order valence-corrected chi connectivity index (χ0v) is 11.2. The van der Waals surface area contributed by atoms with Gasteiger partial charge in [-0.05, 0) is 32.7 Å². The Morgan fingerprint density at radius 1 is 1.50 bits per heavy atom. The Morgan fingerprint density at radius 2 is 2.28 bits per heavy atom. The van der Waals surface area contributed by atoms with Crippen molar-refractivity contribution >= 4 is 5.97 Å². The van der Waals surface area contributed by atoms with Crippen LogP contribution in [0.3, 0.4) is 0 Å². The van der Waals surface area contributed by atoms with E-state index in [4.69, 9.17) is 9.84 Å². The quantitative estimate of drug-likeness (QED) is 0.683. The predicted molar refractivity (Wildman–Crippen MR) is 68.6 cm³/mol. The molecule has 1 fully saturated rings. The van der Waals surface area contributed by atoms with Crippen LogP contribution in [0.15, 0.2) is 0 Å². The van der Waals surface area contributed by atoms with E-state index in [0.29, 0.717) is 32.2 Å². The molecule has 0 saturated carbocycles. The highest BCUT2D eigenvalue weighted by Crippen LogP contribution is 2.21. The molecule has 0 amide bonds. The third-order valence-corrected chi connectivity index (χ3v) is 3.40. The molecule has 1 saturated heterocycles. The number of carboxylic acids is 1. The van der Waals surface area contributed by atoms with Gasteiger partial charge in [-0.2, -0.15) is 0 Å². The lowest BCUT2D eigenvalue weighted by molar-refractivity contribution is -0.137. The molecule has 5 nitrogen and oxygen atoms in total. The molecule has 106 valence electrons. The summed E-state index contributed by atoms with van der Waals surface area (Å²) in [6.45, 7) is 4.42. The Hall–Kier alpha value is -0.650. The summed E-state index contributed by atoms with van der Waals surface area (Å²) < 4.78 is 5.20. The van der Waals surface area contributed by atoms with E-state index in [-0.39, 0.29) is 6.42 Å². The van der Waals surface area contributed by atoms with Crippen LogP contribution in [-0.2, 0) is 9.53 Å². The third-order valence-electron chi connectivity index (χ3n) is 3.40. The molecule has 0 bridgehead atoms. The molecule has 1 rings (SSSR count). The first kappa shape index (κ1) is 15.4. The molecule has 1 heterocycles. The number of aliphatic hydroxyl groups is 1. The Bertz CT molecular complexity index is 247. The van der Waals surface area contributed by atoms with E-state index >= 15 is 0 Å². The minimum atomic E-state index is -0.740. The first-order valence-electron chi connectivity index (χ1n) is 6.85.